The molecule has 0 aromatic rings. The van der Waals surface area contributed by atoms with Crippen molar-refractivity contribution in [1.82, 2.24) is 0 Å². The lowest BCUT2D eigenvalue weighted by Gasteiger charge is -2.22. The number of carbonyl (C=O) groups excluding carboxylic acids is 3. The quantitative estimate of drug-likeness (QED) is 0.445. The van der Waals surface area contributed by atoms with Crippen LogP contribution in [-0.2, 0) is 14.4 Å². The number of allylic oxidation sites excluding steroid dienone is 4. The Morgan fingerprint density at radius 2 is 1.74 bits per heavy atom. The van der Waals surface area contributed by atoms with Crippen molar-refractivity contribution < 1.29 is 14.4 Å². The third kappa shape index (κ3) is 6.25. The van der Waals surface area contributed by atoms with E-state index < -0.39 is 0 Å². The van der Waals surface area contributed by atoms with Gasteiger partial charge in [-0.1, -0.05) is 23.3 Å². The van der Waals surface area contributed by atoms with E-state index in [0.717, 1.165) is 57.4 Å². The summed E-state index contributed by atoms with van der Waals surface area (Å²) in [5.74, 6) is -0.539. The monoisotopic (exact) mass is 318 g/mol. The van der Waals surface area contributed by atoms with Gasteiger partial charge in [-0.3, -0.25) is 0 Å². The Bertz CT molecular complexity index is 458. The molecule has 1 fully saturated rings. The van der Waals surface area contributed by atoms with Crippen molar-refractivity contribution in [1.29, 1.82) is 0 Å². The molecule has 0 spiro atoms. The highest BCUT2D eigenvalue weighted by atomic mass is 16.1. The Morgan fingerprint density at radius 3 is 2.30 bits per heavy atom. The predicted octanol–water partition coefficient (Wildman–Crippen LogP) is 4.31. The molecule has 0 bridgehead atoms. The SMILES string of the molecule is CC(C)=CCCC(C)=CCCC(C=O)C1CCC(C=O)C1C=O. The number of aldehydes is 3. The molecule has 1 saturated carbocycles. The van der Waals surface area contributed by atoms with Crippen LogP contribution >= 0.6 is 0 Å². The van der Waals surface area contributed by atoms with Crippen LogP contribution in [0.15, 0.2) is 23.3 Å². The van der Waals surface area contributed by atoms with E-state index in [1.165, 1.54) is 11.1 Å². The van der Waals surface area contributed by atoms with E-state index in [9.17, 15) is 14.4 Å². The third-order valence-corrected chi connectivity index (χ3v) is 4.96. The van der Waals surface area contributed by atoms with Crippen molar-refractivity contribution in [2.75, 3.05) is 0 Å². The Labute approximate surface area is 140 Å². The Kier molecular flexibility index (Phi) is 8.75. The van der Waals surface area contributed by atoms with Crippen molar-refractivity contribution in [2.45, 2.75) is 59.3 Å². The van der Waals surface area contributed by atoms with Gasteiger partial charge in [0.05, 0.1) is 0 Å². The first-order valence-electron chi connectivity index (χ1n) is 8.68. The molecule has 3 heteroatoms. The zero-order chi connectivity index (χ0) is 17.2. The molecular weight excluding hydrogens is 288 g/mol. The van der Waals surface area contributed by atoms with Crippen LogP contribution < -0.4 is 0 Å². The number of hydrogen-bond donors (Lipinski definition) is 0. The van der Waals surface area contributed by atoms with Gasteiger partial charge in [-0.05, 0) is 65.2 Å². The average molecular weight is 318 g/mol. The maximum atomic E-state index is 11.4. The number of hydrogen-bond acceptors (Lipinski definition) is 3. The van der Waals surface area contributed by atoms with Gasteiger partial charge in [0, 0.05) is 17.8 Å². The lowest BCUT2D eigenvalue weighted by atomic mass is 9.80. The van der Waals surface area contributed by atoms with Gasteiger partial charge in [0.25, 0.3) is 0 Å². The van der Waals surface area contributed by atoms with Gasteiger partial charge < -0.3 is 14.4 Å². The minimum absolute atomic E-state index is 0.0413. The summed E-state index contributed by atoms with van der Waals surface area (Å²) in [6.07, 6.45) is 12.5. The van der Waals surface area contributed by atoms with E-state index in [2.05, 4.69) is 32.9 Å². The Morgan fingerprint density at radius 1 is 1.00 bits per heavy atom. The minimum atomic E-state index is -0.273. The van der Waals surface area contributed by atoms with E-state index in [1.54, 1.807) is 0 Å². The van der Waals surface area contributed by atoms with E-state index in [4.69, 9.17) is 0 Å². The molecule has 0 heterocycles. The maximum absolute atomic E-state index is 11.4. The first-order valence-corrected chi connectivity index (χ1v) is 8.68. The smallest absolute Gasteiger partial charge is 0.124 e. The summed E-state index contributed by atoms with van der Waals surface area (Å²) in [5, 5.41) is 0. The molecule has 4 atom stereocenters. The molecule has 0 aromatic heterocycles. The summed E-state index contributed by atoms with van der Waals surface area (Å²) >= 11 is 0. The number of carbonyl (C=O) groups is 3. The van der Waals surface area contributed by atoms with E-state index in [-0.39, 0.29) is 23.7 Å². The Hall–Kier alpha value is -1.51. The summed E-state index contributed by atoms with van der Waals surface area (Å²) < 4.78 is 0. The predicted molar refractivity (Wildman–Crippen MR) is 93.0 cm³/mol. The van der Waals surface area contributed by atoms with Crippen molar-refractivity contribution >= 4 is 18.9 Å². The molecule has 0 N–H and O–H groups in total. The second kappa shape index (κ2) is 10.3. The molecule has 128 valence electrons. The topological polar surface area (TPSA) is 51.2 Å². The first-order chi connectivity index (χ1) is 11.0. The largest absolute Gasteiger partial charge is 0.303 e. The van der Waals surface area contributed by atoms with Gasteiger partial charge in [0.15, 0.2) is 0 Å². The molecule has 4 unspecified atom stereocenters. The van der Waals surface area contributed by atoms with Gasteiger partial charge in [0.2, 0.25) is 0 Å². The molecule has 0 amide bonds. The van der Waals surface area contributed by atoms with Gasteiger partial charge in [-0.2, -0.15) is 0 Å². The zero-order valence-electron chi connectivity index (χ0n) is 14.7. The van der Waals surface area contributed by atoms with Crippen LogP contribution in [-0.4, -0.2) is 18.9 Å². The molecule has 1 aliphatic carbocycles. The minimum Gasteiger partial charge on any atom is -0.303 e. The highest BCUT2D eigenvalue weighted by Gasteiger charge is 2.39. The maximum Gasteiger partial charge on any atom is 0.124 e. The van der Waals surface area contributed by atoms with Crippen LogP contribution in [0, 0.1) is 23.7 Å². The average Bonchev–Trinajstić information content (AvgIpc) is 2.94. The van der Waals surface area contributed by atoms with Gasteiger partial charge in [-0.15, -0.1) is 0 Å². The van der Waals surface area contributed by atoms with Crippen LogP contribution in [0.3, 0.4) is 0 Å². The second-order valence-corrected chi connectivity index (χ2v) is 7.00. The van der Waals surface area contributed by atoms with Crippen molar-refractivity contribution in [2.24, 2.45) is 23.7 Å². The van der Waals surface area contributed by atoms with Crippen molar-refractivity contribution in [3.05, 3.63) is 23.3 Å². The first kappa shape index (κ1) is 19.5. The fourth-order valence-electron chi connectivity index (χ4n) is 3.54. The van der Waals surface area contributed by atoms with Crippen molar-refractivity contribution in [3.8, 4) is 0 Å². The molecule has 1 rings (SSSR count). The van der Waals surface area contributed by atoms with Gasteiger partial charge >= 0.3 is 0 Å². The summed E-state index contributed by atoms with van der Waals surface area (Å²) in [6, 6.07) is 0. The molecule has 23 heavy (non-hydrogen) atoms. The fraction of sp³-hybridized carbons (Fsp3) is 0.650. The molecule has 0 aliphatic heterocycles. The molecule has 1 aliphatic rings. The normalized spacial score (nSPS) is 25.7. The van der Waals surface area contributed by atoms with E-state index in [0.29, 0.717) is 0 Å². The summed E-state index contributed by atoms with van der Waals surface area (Å²) in [7, 11) is 0. The second-order valence-electron chi connectivity index (χ2n) is 7.00. The summed E-state index contributed by atoms with van der Waals surface area (Å²) in [6.45, 7) is 6.33. The fourth-order valence-corrected chi connectivity index (χ4v) is 3.54. The van der Waals surface area contributed by atoms with Crippen LogP contribution in [0.1, 0.15) is 59.3 Å². The molecule has 0 saturated heterocycles. The highest BCUT2D eigenvalue weighted by molar-refractivity contribution is 5.67. The van der Waals surface area contributed by atoms with Crippen molar-refractivity contribution in [3.63, 3.8) is 0 Å². The lowest BCUT2D eigenvalue weighted by molar-refractivity contribution is -0.121. The molecule has 0 aromatic carbocycles. The zero-order valence-corrected chi connectivity index (χ0v) is 14.7. The molecule has 0 radical (unpaired) electrons. The van der Waals surface area contributed by atoms with Gasteiger partial charge in [0.1, 0.15) is 18.9 Å². The van der Waals surface area contributed by atoms with E-state index >= 15 is 0 Å². The summed E-state index contributed by atoms with van der Waals surface area (Å²) in [4.78, 5) is 33.7. The number of rotatable bonds is 10. The van der Waals surface area contributed by atoms with Crippen LogP contribution in [0.25, 0.3) is 0 Å². The summed E-state index contributed by atoms with van der Waals surface area (Å²) in [5.41, 5.74) is 2.68. The third-order valence-electron chi connectivity index (χ3n) is 4.96. The standard InChI is InChI=1S/C20H30O3/c1-15(2)6-4-7-16(3)8-5-9-17(12-21)19-11-10-18(13-22)20(19)14-23/h6,8,12-14,17-20H,4-5,7,9-11H2,1-3H3. The highest BCUT2D eigenvalue weighted by Crippen LogP contribution is 2.40. The van der Waals surface area contributed by atoms with Crippen LogP contribution in [0.2, 0.25) is 0 Å². The molecular formula is C20H30O3. The van der Waals surface area contributed by atoms with Crippen LogP contribution in [0.5, 0.6) is 0 Å². The Balaban J connectivity index is 2.50. The molecule has 3 nitrogen and oxygen atoms in total. The van der Waals surface area contributed by atoms with E-state index in [1.807, 2.05) is 0 Å². The van der Waals surface area contributed by atoms with Gasteiger partial charge in [-0.25, -0.2) is 0 Å². The lowest BCUT2D eigenvalue weighted by Crippen LogP contribution is -2.25. The van der Waals surface area contributed by atoms with Crippen LogP contribution in [0.4, 0.5) is 0 Å².